The molecule has 3 saturated heterocycles. The summed E-state index contributed by atoms with van der Waals surface area (Å²) in [5.74, 6) is 2.45. The smallest absolute Gasteiger partial charge is 0.416 e. The normalized spacial score (nSPS) is 23.3. The second-order valence-electron chi connectivity index (χ2n) is 38.7. The maximum Gasteiger partial charge on any atom is 0.416 e. The van der Waals surface area contributed by atoms with Gasteiger partial charge in [0, 0.05) is 55.3 Å². The molecule has 9 aliphatic rings. The van der Waals surface area contributed by atoms with Gasteiger partial charge in [0.25, 0.3) is 0 Å². The highest BCUT2D eigenvalue weighted by Gasteiger charge is 2.57. The fourth-order valence-corrected chi connectivity index (χ4v) is 40.4. The predicted octanol–water partition coefficient (Wildman–Crippen LogP) is 21.2. The Balaban J connectivity index is 0.000000164. The summed E-state index contributed by atoms with van der Waals surface area (Å²) in [7, 11) is -0.311. The lowest BCUT2D eigenvalue weighted by Crippen LogP contribution is -2.52. The van der Waals surface area contributed by atoms with E-state index in [2.05, 4.69) is 164 Å². The Morgan fingerprint density at radius 3 is 0.883 bits per heavy atom. The molecular formula is C100H137N3O22Si3. The highest BCUT2D eigenvalue weighted by molar-refractivity contribution is 6.78. The van der Waals surface area contributed by atoms with Crippen molar-refractivity contribution in [2.24, 2.45) is 35.5 Å². The molecule has 0 bridgehead atoms. The van der Waals surface area contributed by atoms with Crippen LogP contribution in [0.25, 0.3) is 0 Å². The van der Waals surface area contributed by atoms with Crippen LogP contribution >= 0.6 is 0 Å². The summed E-state index contributed by atoms with van der Waals surface area (Å²) in [4.78, 5) is 86.0. The van der Waals surface area contributed by atoms with Crippen LogP contribution < -0.4 is 47.4 Å². The van der Waals surface area contributed by atoms with Gasteiger partial charge in [-0.05, 0) is 190 Å². The van der Waals surface area contributed by atoms with Gasteiger partial charge in [-0.2, -0.15) is 0 Å². The fourth-order valence-electron chi connectivity index (χ4n) is 24.0. The quantitative estimate of drug-likeness (QED) is 0.0326. The maximum absolute atomic E-state index is 14.7. The number of benzene rings is 6. The van der Waals surface area contributed by atoms with Gasteiger partial charge in [-0.3, -0.25) is 14.4 Å². The van der Waals surface area contributed by atoms with Gasteiger partial charge < -0.3 is 74.9 Å². The topological polar surface area (TPSA) is 260 Å². The molecule has 3 aliphatic carbocycles. The van der Waals surface area contributed by atoms with Crippen molar-refractivity contribution in [1.29, 1.82) is 0 Å². The molecule has 0 N–H and O–H groups in total. The van der Waals surface area contributed by atoms with Crippen molar-refractivity contribution in [3.63, 3.8) is 0 Å². The summed E-state index contributed by atoms with van der Waals surface area (Å²) < 4.78 is 94.5. The Morgan fingerprint density at radius 2 is 0.609 bits per heavy atom. The molecule has 6 aromatic rings. The minimum atomic E-state index is -2.28. The second-order valence-corrected chi connectivity index (χ2v) is 55.1. The number of fused-ring (bicyclic) bond motifs is 6. The minimum absolute atomic E-state index is 0.0326. The van der Waals surface area contributed by atoms with Crippen LogP contribution in [0.2, 0.25) is 49.9 Å². The predicted molar refractivity (Wildman–Crippen MR) is 495 cm³/mol. The van der Waals surface area contributed by atoms with E-state index in [1.807, 2.05) is 84.9 Å². The third kappa shape index (κ3) is 17.9. The van der Waals surface area contributed by atoms with Crippen LogP contribution in [0.4, 0.5) is 14.4 Å². The van der Waals surface area contributed by atoms with Gasteiger partial charge in [-0.15, -0.1) is 0 Å². The van der Waals surface area contributed by atoms with Crippen molar-refractivity contribution >= 4 is 61.0 Å². The molecule has 0 radical (unpaired) electrons. The van der Waals surface area contributed by atoms with E-state index < -0.39 is 66.9 Å². The zero-order chi connectivity index (χ0) is 92.6. The van der Waals surface area contributed by atoms with Crippen LogP contribution in [0.1, 0.15) is 231 Å². The zero-order valence-electron chi connectivity index (χ0n) is 79.7. The summed E-state index contributed by atoms with van der Waals surface area (Å²) in [5.41, 5.74) is 12.6. The first-order valence-electron chi connectivity index (χ1n) is 46.1. The molecule has 3 fully saturated rings. The molecule has 6 aliphatic heterocycles. The Kier molecular flexibility index (Phi) is 29.9. The largest absolute Gasteiger partial charge is 0.497 e. The number of rotatable bonds is 28. The maximum atomic E-state index is 14.7. The number of methoxy groups -OCH3 is 4. The lowest BCUT2D eigenvalue weighted by atomic mass is 9.62. The van der Waals surface area contributed by atoms with E-state index in [9.17, 15) is 28.8 Å². The number of hydrogen-bond donors (Lipinski definition) is 0. The van der Waals surface area contributed by atoms with E-state index >= 15 is 0 Å². The van der Waals surface area contributed by atoms with Gasteiger partial charge >= 0.3 is 18.3 Å². The second kappa shape index (κ2) is 39.8. The molecule has 28 heteroatoms. The molecule has 12 atom stereocenters. The van der Waals surface area contributed by atoms with Crippen molar-refractivity contribution < 1.29 is 104 Å². The number of ether oxygens (including phenoxy) is 13. The third-order valence-corrected chi connectivity index (χ3v) is 48.2. The van der Waals surface area contributed by atoms with Gasteiger partial charge in [-0.1, -0.05) is 176 Å². The van der Waals surface area contributed by atoms with Gasteiger partial charge in [0.1, 0.15) is 31.3 Å². The van der Waals surface area contributed by atoms with E-state index in [1.54, 1.807) is 28.4 Å². The van der Waals surface area contributed by atoms with E-state index in [1.165, 1.54) is 14.7 Å². The summed E-state index contributed by atoms with van der Waals surface area (Å²) in [6.07, 6.45) is -1.75. The van der Waals surface area contributed by atoms with Crippen LogP contribution in [-0.2, 0) is 41.9 Å². The van der Waals surface area contributed by atoms with Gasteiger partial charge in [0.15, 0.2) is 70.9 Å². The van der Waals surface area contributed by atoms with E-state index in [4.69, 9.17) is 74.9 Å². The van der Waals surface area contributed by atoms with Crippen LogP contribution in [0.5, 0.6) is 57.5 Å². The average Bonchev–Trinajstić information content (AvgIpc) is 1.17. The summed E-state index contributed by atoms with van der Waals surface area (Å²) in [5, 5.41) is 0. The first kappa shape index (κ1) is 96.2. The third-order valence-electron chi connectivity index (χ3n) is 29.9. The molecule has 25 nitrogen and oxygen atoms in total. The first-order valence-corrected chi connectivity index (χ1v) is 52.6. The Labute approximate surface area is 760 Å². The molecule has 6 amide bonds. The van der Waals surface area contributed by atoms with Crippen molar-refractivity contribution in [3.8, 4) is 57.5 Å². The summed E-state index contributed by atoms with van der Waals surface area (Å²) in [6, 6.07) is 33.8. The molecule has 6 heterocycles. The van der Waals surface area contributed by atoms with Gasteiger partial charge in [0.2, 0.25) is 38.1 Å². The molecule has 6 aromatic carbocycles. The lowest BCUT2D eigenvalue weighted by Gasteiger charge is -2.47. The summed E-state index contributed by atoms with van der Waals surface area (Å²) in [6.45, 7) is 50.4. The molecule has 696 valence electrons. The molecule has 128 heavy (non-hydrogen) atoms. The molecule has 0 spiro atoms. The molecule has 0 unspecified atom stereocenters. The Bertz CT molecular complexity index is 4930. The number of carbonyl (C=O) groups excluding carboxylic acids is 6. The molecule has 0 aromatic heterocycles. The van der Waals surface area contributed by atoms with Crippen LogP contribution in [0, 0.1) is 35.5 Å². The molecule has 0 saturated carbocycles. The number of carbonyl (C=O) groups is 6. The number of amides is 6. The van der Waals surface area contributed by atoms with Crippen molar-refractivity contribution in [1.82, 2.24) is 14.7 Å². The van der Waals surface area contributed by atoms with E-state index in [-0.39, 0.29) is 125 Å². The van der Waals surface area contributed by atoms with Crippen molar-refractivity contribution in [2.45, 2.75) is 231 Å². The van der Waals surface area contributed by atoms with E-state index in [0.29, 0.717) is 116 Å². The number of imide groups is 3. The average molecular weight is 1820 g/mol. The number of nitrogens with zero attached hydrogens (tertiary/aromatic N) is 3. The van der Waals surface area contributed by atoms with Crippen molar-refractivity contribution in [3.05, 3.63) is 153 Å². The minimum Gasteiger partial charge on any atom is -0.497 e. The van der Waals surface area contributed by atoms with E-state index in [0.717, 1.165) is 61.6 Å². The zero-order valence-corrected chi connectivity index (χ0v) is 82.7. The number of cyclic esters (lactones) is 3. The standard InChI is InChI=1S/C34H47NO8Si.2C33H45NO7Si/c1-19(2)44(20(3)4,21(5)6)43-17-26-22(7)24-15-29-30(42-18-41-29)16-25(24)31(23-10-11-27(38-8)28(14-23)39-9)32(26)33(36)35-12-13-40-34(35)37;1-19(2)42(20(3)4,21(5)6)41-17-27-22(7)25-15-28-29(40-18-39-28)16-26(25)30(23-9-11-24(37-8)12-10-23)31(27)32(35)34-13-14-38-33(34)36;1-19(2)42(20(3)4,21(5)6)41-17-27-22(7)25-15-28-29(40-18-39-28)16-26(25)30(23-10-9-11-24(14-23)37-8)31(27)32(35)34-12-13-38-33(34)36/h10-11,14-16,19-22,26,31-32H,12-13,17-18H2,1-9H3;9-12,15-16,19-22,27,30-31H,13-14,17-18H2,1-8H3;9-11,14-16,19-22,27,30-31H,12-13,17-18H2,1-8H3/t22-,26+,31+,32+;2*22-,27+,30+,31+/m000/s1. The number of hydrogen-bond acceptors (Lipinski definition) is 22. The lowest BCUT2D eigenvalue weighted by molar-refractivity contribution is -0.136. The Morgan fingerprint density at radius 1 is 0.328 bits per heavy atom. The highest BCUT2D eigenvalue weighted by atomic mass is 28.4. The van der Waals surface area contributed by atoms with Gasteiger partial charge in [-0.25, -0.2) is 29.1 Å². The molecular weight excluding hydrogens is 1680 g/mol. The molecule has 15 rings (SSSR count). The van der Waals surface area contributed by atoms with Crippen LogP contribution in [0.3, 0.4) is 0 Å². The SMILES string of the molecule is COc1ccc([C@@H]2c3cc4c(cc3[C@H](C)[C@@H](CO[Si](C(C)C)(C(C)C)C(C)C)[C@H]2C(=O)N2CCOC2=O)OCO4)cc1.COc1ccc([C@@H]2c3cc4c(cc3[C@H](C)[C@@H](CO[Si](C(C)C)(C(C)C)C(C)C)[C@H]2C(=O)N2CCOC2=O)OCO4)cc1OC.COc1cccc([C@@H]2c3cc4c(cc3[C@H](C)[C@@H](CO[Si](C(C)C)(C(C)C)C(C)C)[C@H]2C(=O)N2CCOC2=O)OCO4)c1. The first-order chi connectivity index (χ1) is 61.0. The fraction of sp³-hybridized carbons (Fsp3) is 0.580. The summed E-state index contributed by atoms with van der Waals surface area (Å²) >= 11 is 0. The highest BCUT2D eigenvalue weighted by Crippen LogP contribution is 2.60. The van der Waals surface area contributed by atoms with Crippen LogP contribution in [-0.4, -0.2) is 184 Å². The van der Waals surface area contributed by atoms with Gasteiger partial charge in [0.05, 0.1) is 65.8 Å². The monoisotopic (exact) mass is 1820 g/mol. The van der Waals surface area contributed by atoms with Crippen molar-refractivity contribution in [2.75, 3.05) is 108 Å². The van der Waals surface area contributed by atoms with Crippen LogP contribution in [0.15, 0.2) is 103 Å². The Hall–Kier alpha value is -9.33.